The number of ether oxygens (including phenoxy) is 1. The van der Waals surface area contributed by atoms with Gasteiger partial charge in [-0.3, -0.25) is 0 Å². The van der Waals surface area contributed by atoms with Crippen molar-refractivity contribution < 1.29 is 14.2 Å². The Bertz CT molecular complexity index is 284. The lowest BCUT2D eigenvalue weighted by atomic mass is 10.1. The van der Waals surface area contributed by atoms with Crippen molar-refractivity contribution in [3.8, 4) is 0 Å². The average molecular weight is 168 g/mol. The third kappa shape index (κ3) is 1.47. The van der Waals surface area contributed by atoms with Crippen molar-refractivity contribution in [2.75, 3.05) is 6.61 Å². The number of halogens is 1. The van der Waals surface area contributed by atoms with Gasteiger partial charge in [-0.2, -0.15) is 0 Å². The molecular formula is C9H9FO2. The van der Waals surface area contributed by atoms with Gasteiger partial charge in [-0.15, -0.1) is 0 Å². The number of epoxide rings is 1. The van der Waals surface area contributed by atoms with Crippen LogP contribution in [0.2, 0.25) is 0 Å². The van der Waals surface area contributed by atoms with E-state index in [0.29, 0.717) is 12.2 Å². The van der Waals surface area contributed by atoms with Gasteiger partial charge in [-0.1, -0.05) is 12.1 Å². The number of aliphatic hydroxyl groups is 1. The van der Waals surface area contributed by atoms with Crippen LogP contribution in [0.4, 0.5) is 4.39 Å². The maximum absolute atomic E-state index is 12.7. The average Bonchev–Trinajstić information content (AvgIpc) is 2.85. The van der Waals surface area contributed by atoms with Crippen LogP contribution in [-0.4, -0.2) is 17.8 Å². The van der Waals surface area contributed by atoms with Gasteiger partial charge in [0.15, 0.2) is 0 Å². The smallest absolute Gasteiger partial charge is 0.123 e. The zero-order valence-electron chi connectivity index (χ0n) is 6.40. The fourth-order valence-corrected chi connectivity index (χ4v) is 1.14. The Kier molecular flexibility index (Phi) is 1.83. The summed E-state index contributed by atoms with van der Waals surface area (Å²) in [5.41, 5.74) is 0.581. The lowest BCUT2D eigenvalue weighted by molar-refractivity contribution is 0.136. The molecule has 2 rings (SSSR count). The van der Waals surface area contributed by atoms with Crippen LogP contribution in [0.15, 0.2) is 24.3 Å². The molecule has 1 aromatic carbocycles. The van der Waals surface area contributed by atoms with Crippen LogP contribution < -0.4 is 0 Å². The molecule has 3 heteroatoms. The zero-order chi connectivity index (χ0) is 8.55. The van der Waals surface area contributed by atoms with Gasteiger partial charge in [0.1, 0.15) is 18.0 Å². The van der Waals surface area contributed by atoms with E-state index in [9.17, 15) is 9.50 Å². The molecule has 1 unspecified atom stereocenters. The molecule has 2 nitrogen and oxygen atoms in total. The van der Waals surface area contributed by atoms with Crippen LogP contribution in [0.1, 0.15) is 11.7 Å². The highest BCUT2D eigenvalue weighted by Gasteiger charge is 2.32. The summed E-state index contributed by atoms with van der Waals surface area (Å²) in [5.74, 6) is -0.327. The highest BCUT2D eigenvalue weighted by molar-refractivity contribution is 5.20. The van der Waals surface area contributed by atoms with E-state index in [2.05, 4.69) is 0 Å². The molecular weight excluding hydrogens is 159 g/mol. The topological polar surface area (TPSA) is 32.8 Å². The Morgan fingerprint density at radius 2 is 2.33 bits per heavy atom. The summed E-state index contributed by atoms with van der Waals surface area (Å²) < 4.78 is 17.6. The monoisotopic (exact) mass is 168 g/mol. The lowest BCUT2D eigenvalue weighted by Gasteiger charge is -2.06. The molecule has 1 aliphatic rings. The molecule has 1 fully saturated rings. The van der Waals surface area contributed by atoms with Crippen LogP contribution in [0.25, 0.3) is 0 Å². The molecule has 0 bridgehead atoms. The van der Waals surface area contributed by atoms with Crippen LogP contribution >= 0.6 is 0 Å². The van der Waals surface area contributed by atoms with Crippen molar-refractivity contribution in [2.24, 2.45) is 0 Å². The summed E-state index contributed by atoms with van der Waals surface area (Å²) in [6.07, 6.45) is -0.813. The molecule has 1 aliphatic heterocycles. The van der Waals surface area contributed by atoms with E-state index in [1.54, 1.807) is 12.1 Å². The van der Waals surface area contributed by atoms with Crippen LogP contribution in [0.3, 0.4) is 0 Å². The van der Waals surface area contributed by atoms with Crippen molar-refractivity contribution in [3.05, 3.63) is 35.6 Å². The molecule has 2 atom stereocenters. The molecule has 0 aliphatic carbocycles. The van der Waals surface area contributed by atoms with Gasteiger partial charge in [0, 0.05) is 0 Å². The normalized spacial score (nSPS) is 23.7. The predicted octanol–water partition coefficient (Wildman–Crippen LogP) is 1.26. The second-order valence-corrected chi connectivity index (χ2v) is 2.87. The Balaban J connectivity index is 2.20. The Hall–Kier alpha value is -0.930. The first-order valence-electron chi connectivity index (χ1n) is 3.82. The lowest BCUT2D eigenvalue weighted by Crippen LogP contribution is -2.04. The molecule has 0 amide bonds. The van der Waals surface area contributed by atoms with Gasteiger partial charge in [0.25, 0.3) is 0 Å². The second-order valence-electron chi connectivity index (χ2n) is 2.87. The minimum absolute atomic E-state index is 0.133. The first kappa shape index (κ1) is 7.71. The van der Waals surface area contributed by atoms with Gasteiger partial charge in [0.2, 0.25) is 0 Å². The largest absolute Gasteiger partial charge is 0.386 e. The summed E-state index contributed by atoms with van der Waals surface area (Å²) in [4.78, 5) is 0. The number of aliphatic hydroxyl groups excluding tert-OH is 1. The number of hydrogen-bond acceptors (Lipinski definition) is 2. The van der Waals surface area contributed by atoms with E-state index < -0.39 is 6.10 Å². The Morgan fingerprint density at radius 3 is 2.92 bits per heavy atom. The van der Waals surface area contributed by atoms with Crippen LogP contribution in [0.5, 0.6) is 0 Å². The first-order valence-corrected chi connectivity index (χ1v) is 3.82. The number of rotatable bonds is 2. The van der Waals surface area contributed by atoms with Gasteiger partial charge >= 0.3 is 0 Å². The van der Waals surface area contributed by atoms with Crippen molar-refractivity contribution in [1.82, 2.24) is 0 Å². The summed E-state index contributed by atoms with van der Waals surface area (Å²) in [5, 5.41) is 9.49. The SMILES string of the molecule is OC(c1cccc(F)c1)[C@H]1CO1. The van der Waals surface area contributed by atoms with Crippen molar-refractivity contribution in [3.63, 3.8) is 0 Å². The highest BCUT2D eigenvalue weighted by atomic mass is 19.1. The van der Waals surface area contributed by atoms with Crippen molar-refractivity contribution in [1.29, 1.82) is 0 Å². The maximum atomic E-state index is 12.7. The van der Waals surface area contributed by atoms with Gasteiger partial charge < -0.3 is 9.84 Å². The van der Waals surface area contributed by atoms with Gasteiger partial charge in [-0.05, 0) is 17.7 Å². The third-order valence-electron chi connectivity index (χ3n) is 1.90. The summed E-state index contributed by atoms with van der Waals surface area (Å²) in [6, 6.07) is 5.95. The molecule has 1 N–H and O–H groups in total. The van der Waals surface area contributed by atoms with Crippen molar-refractivity contribution in [2.45, 2.75) is 12.2 Å². The van der Waals surface area contributed by atoms with Gasteiger partial charge in [0.05, 0.1) is 6.61 Å². The standard InChI is InChI=1S/C9H9FO2/c10-7-3-1-2-6(4-7)9(11)8-5-12-8/h1-4,8-9,11H,5H2/t8-,9?/m1/s1. The Labute approximate surface area is 69.6 Å². The minimum atomic E-state index is -0.680. The van der Waals surface area contributed by atoms with E-state index in [1.807, 2.05) is 0 Å². The van der Waals surface area contributed by atoms with Gasteiger partial charge in [-0.25, -0.2) is 4.39 Å². The summed E-state index contributed by atoms with van der Waals surface area (Å²) >= 11 is 0. The van der Waals surface area contributed by atoms with E-state index >= 15 is 0 Å². The number of hydrogen-bond donors (Lipinski definition) is 1. The predicted molar refractivity (Wildman–Crippen MR) is 41.1 cm³/mol. The van der Waals surface area contributed by atoms with Crippen LogP contribution in [0, 0.1) is 5.82 Å². The molecule has 0 spiro atoms. The van der Waals surface area contributed by atoms with E-state index in [1.165, 1.54) is 12.1 Å². The molecule has 12 heavy (non-hydrogen) atoms. The number of benzene rings is 1. The molecule has 0 radical (unpaired) electrons. The highest BCUT2D eigenvalue weighted by Crippen LogP contribution is 2.27. The van der Waals surface area contributed by atoms with E-state index in [-0.39, 0.29) is 11.9 Å². The molecule has 64 valence electrons. The van der Waals surface area contributed by atoms with E-state index in [0.717, 1.165) is 0 Å². The quantitative estimate of drug-likeness (QED) is 0.674. The Morgan fingerprint density at radius 1 is 1.58 bits per heavy atom. The summed E-state index contributed by atoms with van der Waals surface area (Å²) in [7, 11) is 0. The molecule has 1 heterocycles. The summed E-state index contributed by atoms with van der Waals surface area (Å²) in [6.45, 7) is 0.567. The first-order chi connectivity index (χ1) is 5.77. The fourth-order valence-electron chi connectivity index (χ4n) is 1.14. The molecule has 0 aromatic heterocycles. The molecule has 0 saturated carbocycles. The minimum Gasteiger partial charge on any atom is -0.386 e. The van der Waals surface area contributed by atoms with E-state index in [4.69, 9.17) is 4.74 Å². The maximum Gasteiger partial charge on any atom is 0.123 e. The zero-order valence-corrected chi connectivity index (χ0v) is 6.40. The van der Waals surface area contributed by atoms with Crippen molar-refractivity contribution >= 4 is 0 Å². The van der Waals surface area contributed by atoms with Crippen LogP contribution in [-0.2, 0) is 4.74 Å². The third-order valence-corrected chi connectivity index (χ3v) is 1.90. The fraction of sp³-hybridized carbons (Fsp3) is 0.333. The molecule has 1 saturated heterocycles. The second kappa shape index (κ2) is 2.84. The molecule has 1 aromatic rings.